The van der Waals surface area contributed by atoms with E-state index in [1.54, 1.807) is 18.0 Å². The van der Waals surface area contributed by atoms with Crippen molar-refractivity contribution in [2.24, 2.45) is 11.8 Å². The van der Waals surface area contributed by atoms with E-state index in [0.29, 0.717) is 24.3 Å². The fourth-order valence-corrected chi connectivity index (χ4v) is 6.77. The molecule has 10 heteroatoms. The lowest BCUT2D eigenvalue weighted by atomic mass is 9.79. The first-order valence-electron chi connectivity index (χ1n) is 11.3. The minimum atomic E-state index is -1.15. The van der Waals surface area contributed by atoms with Gasteiger partial charge in [-0.25, -0.2) is 9.59 Å². The number of β-lactam (4-membered cyclic amide) rings is 1. The van der Waals surface area contributed by atoms with Crippen LogP contribution in [-0.4, -0.2) is 79.6 Å². The maximum atomic E-state index is 12.7. The number of ether oxygens (including phenoxy) is 1. The number of amides is 2. The zero-order chi connectivity index (χ0) is 24.6. The van der Waals surface area contributed by atoms with Crippen molar-refractivity contribution in [1.82, 2.24) is 14.8 Å². The molecular weight excluding hydrogens is 458 g/mol. The molecule has 0 saturated carbocycles. The summed E-state index contributed by atoms with van der Waals surface area (Å²) in [6.45, 7) is 7.54. The number of fused-ring (bicyclic) bond motifs is 1. The van der Waals surface area contributed by atoms with Crippen LogP contribution in [0.5, 0.6) is 0 Å². The minimum absolute atomic E-state index is 0.00152. The normalized spacial score (nSPS) is 29.0. The first-order chi connectivity index (χ1) is 16.2. The van der Waals surface area contributed by atoms with Gasteiger partial charge >= 0.3 is 12.1 Å². The zero-order valence-corrected chi connectivity index (χ0v) is 20.0. The van der Waals surface area contributed by atoms with Crippen molar-refractivity contribution in [2.45, 2.75) is 50.1 Å². The molecule has 34 heavy (non-hydrogen) atoms. The number of rotatable bonds is 8. The van der Waals surface area contributed by atoms with Gasteiger partial charge in [-0.1, -0.05) is 25.6 Å². The smallest absolute Gasteiger partial charge is 0.410 e. The first kappa shape index (κ1) is 24.3. The molecule has 1 aromatic rings. The standard InChI is InChI=1S/C24H29N3O6S/c1-4-9-33-24(32)26-12-17(11-16(26)10-15-7-5-6-8-25-15)34-21-13(2)19-18(14(3)28)22(29)27(19)20(21)23(30)31/h4-8,13-14,16-19,28H,1,9-12H2,2-3H3,(H,30,31)/t13-,14-,16-,17+,18-,19-/m1/s1. The number of aliphatic hydroxyl groups excluding tert-OH is 1. The molecule has 2 fully saturated rings. The molecule has 182 valence electrons. The van der Waals surface area contributed by atoms with Crippen LogP contribution in [0.15, 0.2) is 47.7 Å². The van der Waals surface area contributed by atoms with Crippen LogP contribution in [0.4, 0.5) is 4.79 Å². The van der Waals surface area contributed by atoms with Gasteiger partial charge in [0.1, 0.15) is 12.3 Å². The van der Waals surface area contributed by atoms with Crippen LogP contribution in [0.3, 0.4) is 0 Å². The Balaban J connectivity index is 1.55. The molecule has 2 N–H and O–H groups in total. The molecule has 1 aromatic heterocycles. The Morgan fingerprint density at radius 3 is 2.79 bits per heavy atom. The molecule has 0 bridgehead atoms. The molecule has 4 heterocycles. The number of pyridine rings is 1. The summed E-state index contributed by atoms with van der Waals surface area (Å²) in [5.41, 5.74) is 0.854. The first-order valence-corrected chi connectivity index (χ1v) is 12.2. The molecule has 2 amide bonds. The van der Waals surface area contributed by atoms with Gasteiger partial charge in [0, 0.05) is 47.0 Å². The molecule has 4 rings (SSSR count). The summed E-state index contributed by atoms with van der Waals surface area (Å²) in [4.78, 5) is 45.4. The number of aliphatic carboxylic acids is 1. The van der Waals surface area contributed by atoms with Crippen molar-refractivity contribution in [3.05, 3.63) is 53.3 Å². The lowest BCUT2D eigenvalue weighted by Gasteiger charge is -2.46. The Morgan fingerprint density at radius 2 is 2.18 bits per heavy atom. The van der Waals surface area contributed by atoms with Gasteiger partial charge in [-0.2, -0.15) is 0 Å². The van der Waals surface area contributed by atoms with Crippen molar-refractivity contribution >= 4 is 29.7 Å². The van der Waals surface area contributed by atoms with Gasteiger partial charge in [-0.15, -0.1) is 11.8 Å². The number of aromatic nitrogens is 1. The van der Waals surface area contributed by atoms with E-state index in [1.807, 2.05) is 25.1 Å². The molecule has 6 atom stereocenters. The maximum absolute atomic E-state index is 12.7. The molecule has 3 aliphatic rings. The summed E-state index contributed by atoms with van der Waals surface area (Å²) < 4.78 is 5.29. The quantitative estimate of drug-likeness (QED) is 0.423. The fourth-order valence-electron chi connectivity index (χ4n) is 5.21. The average molecular weight is 488 g/mol. The van der Waals surface area contributed by atoms with Gasteiger partial charge in [0.2, 0.25) is 5.91 Å². The Bertz CT molecular complexity index is 1010. The van der Waals surface area contributed by atoms with Gasteiger partial charge in [-0.3, -0.25) is 9.78 Å². The molecule has 0 radical (unpaired) electrons. The molecule has 0 unspecified atom stereocenters. The molecule has 3 aliphatic heterocycles. The summed E-state index contributed by atoms with van der Waals surface area (Å²) >= 11 is 1.42. The molecule has 2 saturated heterocycles. The summed E-state index contributed by atoms with van der Waals surface area (Å²) in [7, 11) is 0. The van der Waals surface area contributed by atoms with Crippen LogP contribution in [0, 0.1) is 11.8 Å². The molecule has 0 aromatic carbocycles. The highest BCUT2D eigenvalue weighted by Gasteiger charge is 2.60. The van der Waals surface area contributed by atoms with Crippen LogP contribution in [-0.2, 0) is 20.7 Å². The van der Waals surface area contributed by atoms with E-state index in [1.165, 1.54) is 22.7 Å². The lowest BCUT2D eigenvalue weighted by molar-refractivity contribution is -0.163. The maximum Gasteiger partial charge on any atom is 0.410 e. The molecule has 0 aliphatic carbocycles. The summed E-state index contributed by atoms with van der Waals surface area (Å²) in [6, 6.07) is 5.12. The number of likely N-dealkylation sites (tertiary alicyclic amines) is 1. The number of nitrogens with zero attached hydrogens (tertiary/aromatic N) is 3. The van der Waals surface area contributed by atoms with Crippen molar-refractivity contribution in [2.75, 3.05) is 13.2 Å². The van der Waals surface area contributed by atoms with Gasteiger partial charge in [0.25, 0.3) is 0 Å². The highest BCUT2D eigenvalue weighted by molar-refractivity contribution is 8.03. The van der Waals surface area contributed by atoms with E-state index in [2.05, 4.69) is 11.6 Å². The molecule has 9 nitrogen and oxygen atoms in total. The number of carboxylic acids is 1. The van der Waals surface area contributed by atoms with Gasteiger partial charge < -0.3 is 24.7 Å². The van der Waals surface area contributed by atoms with Gasteiger partial charge in [0.15, 0.2) is 0 Å². The lowest BCUT2D eigenvalue weighted by Crippen LogP contribution is -2.63. The van der Waals surface area contributed by atoms with E-state index in [9.17, 15) is 24.6 Å². The number of aliphatic hydroxyl groups is 1. The number of hydrogen-bond acceptors (Lipinski definition) is 7. The third-order valence-corrected chi connectivity index (χ3v) is 8.20. The number of carboxylic acid groups (broad SMARTS) is 1. The van der Waals surface area contributed by atoms with E-state index in [0.717, 1.165) is 5.69 Å². The number of hydrogen-bond donors (Lipinski definition) is 2. The second-order valence-electron chi connectivity index (χ2n) is 8.94. The monoisotopic (exact) mass is 487 g/mol. The third kappa shape index (κ3) is 4.32. The van der Waals surface area contributed by atoms with Crippen molar-refractivity contribution in [3.63, 3.8) is 0 Å². The molecular formula is C24H29N3O6S. The summed E-state index contributed by atoms with van der Waals surface area (Å²) in [5, 5.41) is 19.9. The van der Waals surface area contributed by atoms with Crippen LogP contribution in [0.1, 0.15) is 26.0 Å². The largest absolute Gasteiger partial charge is 0.477 e. The second kappa shape index (κ2) is 9.79. The summed E-state index contributed by atoms with van der Waals surface area (Å²) in [5.74, 6) is -2.33. The Morgan fingerprint density at radius 1 is 1.41 bits per heavy atom. The van der Waals surface area contributed by atoms with Crippen LogP contribution in [0.2, 0.25) is 0 Å². The molecule has 0 spiro atoms. The number of carbonyl (C=O) groups is 3. The Labute approximate surface area is 202 Å². The van der Waals surface area contributed by atoms with E-state index in [-0.39, 0.29) is 41.5 Å². The van der Waals surface area contributed by atoms with Crippen molar-refractivity contribution in [3.8, 4) is 0 Å². The predicted molar refractivity (Wildman–Crippen MR) is 126 cm³/mol. The predicted octanol–water partition coefficient (Wildman–Crippen LogP) is 2.28. The van der Waals surface area contributed by atoms with Crippen LogP contribution < -0.4 is 0 Å². The van der Waals surface area contributed by atoms with Crippen molar-refractivity contribution in [1.29, 1.82) is 0 Å². The van der Waals surface area contributed by atoms with Crippen molar-refractivity contribution < 1.29 is 29.3 Å². The fraction of sp³-hybridized carbons (Fsp3) is 0.500. The van der Waals surface area contributed by atoms with E-state index in [4.69, 9.17) is 4.74 Å². The highest BCUT2D eigenvalue weighted by atomic mass is 32.2. The SMILES string of the molecule is C=CCOC(=O)N1C[C@@H](SC2=C(C(=O)O)N3C(=O)[C@H]([C@@H](C)O)[C@H]3[C@H]2C)C[C@H]1Cc1ccccn1. The third-order valence-electron chi connectivity index (χ3n) is 6.71. The number of thioether (sulfide) groups is 1. The van der Waals surface area contributed by atoms with Crippen LogP contribution in [0.25, 0.3) is 0 Å². The van der Waals surface area contributed by atoms with Crippen LogP contribution >= 0.6 is 11.8 Å². The summed E-state index contributed by atoms with van der Waals surface area (Å²) in [6.07, 6.45) is 3.12. The Kier molecular flexibility index (Phi) is 6.99. The topological polar surface area (TPSA) is 120 Å². The Hall–Kier alpha value is -2.85. The average Bonchev–Trinajstić information content (AvgIpc) is 3.29. The number of carbonyl (C=O) groups excluding carboxylic acids is 2. The van der Waals surface area contributed by atoms with Gasteiger partial charge in [0.05, 0.1) is 18.1 Å². The zero-order valence-electron chi connectivity index (χ0n) is 19.2. The van der Waals surface area contributed by atoms with E-state index >= 15 is 0 Å². The minimum Gasteiger partial charge on any atom is -0.477 e. The second-order valence-corrected chi connectivity index (χ2v) is 10.3. The highest BCUT2D eigenvalue weighted by Crippen LogP contribution is 2.52. The van der Waals surface area contributed by atoms with Gasteiger partial charge in [-0.05, 0) is 25.5 Å². The van der Waals surface area contributed by atoms with E-state index < -0.39 is 24.1 Å².